The Labute approximate surface area is 97.2 Å². The second-order valence-electron chi connectivity index (χ2n) is 3.65. The number of halogens is 1. The van der Waals surface area contributed by atoms with Crippen molar-refractivity contribution in [3.05, 3.63) is 47.3 Å². The fraction of sp³-hybridized carbons (Fsp3) is 0.0833. The van der Waals surface area contributed by atoms with Crippen LogP contribution in [0, 0.1) is 6.92 Å². The molecule has 1 aromatic carbocycles. The molecule has 2 aromatic heterocycles. The molecule has 2 heterocycles. The van der Waals surface area contributed by atoms with Gasteiger partial charge in [-0.25, -0.2) is 4.98 Å². The lowest BCUT2D eigenvalue weighted by molar-refractivity contribution is 0.361. The molecule has 0 aliphatic heterocycles. The first-order valence-corrected chi connectivity index (χ1v) is 5.32. The van der Waals surface area contributed by atoms with Gasteiger partial charge in [0.05, 0.1) is 6.20 Å². The lowest BCUT2D eigenvalue weighted by Crippen LogP contribution is -1.82. The molecule has 0 amide bonds. The van der Waals surface area contributed by atoms with Crippen molar-refractivity contribution in [3.63, 3.8) is 0 Å². The Morgan fingerprint density at radius 2 is 2.00 bits per heavy atom. The summed E-state index contributed by atoms with van der Waals surface area (Å²) in [7, 11) is 0. The minimum atomic E-state index is 0.722. The molecule has 0 radical (unpaired) electrons. The molecule has 0 atom stereocenters. The lowest BCUT2D eigenvalue weighted by Gasteiger charge is -1.98. The second kappa shape index (κ2) is 3.39. The highest BCUT2D eigenvalue weighted by Gasteiger charge is 2.09. The van der Waals surface area contributed by atoms with E-state index in [1.54, 1.807) is 10.8 Å². The van der Waals surface area contributed by atoms with Gasteiger partial charge in [-0.1, -0.05) is 23.7 Å². The standard InChI is InChI=1S/C12H9ClN2O/c1-8-6-12-14-7-11(15(12)16-8)9-2-4-10(13)5-3-9/h2-7H,1H3. The van der Waals surface area contributed by atoms with Crippen LogP contribution in [0.5, 0.6) is 0 Å². The van der Waals surface area contributed by atoms with Crippen LogP contribution in [0.15, 0.2) is 41.1 Å². The number of aryl methyl sites for hydroxylation is 1. The predicted molar refractivity (Wildman–Crippen MR) is 62.6 cm³/mol. The molecular weight excluding hydrogens is 224 g/mol. The Hall–Kier alpha value is -1.74. The first kappa shape index (κ1) is 9.48. The van der Waals surface area contributed by atoms with Crippen LogP contribution >= 0.6 is 11.6 Å². The number of fused-ring (bicyclic) bond motifs is 1. The number of nitrogens with zero attached hydrogens (tertiary/aromatic N) is 2. The number of rotatable bonds is 1. The van der Waals surface area contributed by atoms with Crippen molar-refractivity contribution in [2.75, 3.05) is 0 Å². The second-order valence-corrected chi connectivity index (χ2v) is 4.09. The van der Waals surface area contributed by atoms with Gasteiger partial charge in [-0.2, -0.15) is 4.57 Å². The first-order chi connectivity index (χ1) is 7.74. The fourth-order valence-electron chi connectivity index (χ4n) is 1.71. The van der Waals surface area contributed by atoms with Crippen LogP contribution in [0.4, 0.5) is 0 Å². The lowest BCUT2D eigenvalue weighted by atomic mass is 10.2. The van der Waals surface area contributed by atoms with Crippen LogP contribution in [0.25, 0.3) is 16.9 Å². The van der Waals surface area contributed by atoms with E-state index in [9.17, 15) is 0 Å². The van der Waals surface area contributed by atoms with Gasteiger partial charge >= 0.3 is 0 Å². The van der Waals surface area contributed by atoms with E-state index >= 15 is 0 Å². The maximum atomic E-state index is 5.85. The molecule has 3 rings (SSSR count). The van der Waals surface area contributed by atoms with E-state index in [1.807, 2.05) is 37.3 Å². The molecule has 0 aliphatic carbocycles. The Bertz CT molecular complexity index is 637. The van der Waals surface area contributed by atoms with Gasteiger partial charge in [0.25, 0.3) is 0 Å². The van der Waals surface area contributed by atoms with E-state index in [0.29, 0.717) is 0 Å². The van der Waals surface area contributed by atoms with Crippen molar-refractivity contribution in [1.29, 1.82) is 0 Å². The van der Waals surface area contributed by atoms with Crippen LogP contribution in [0.2, 0.25) is 5.02 Å². The Morgan fingerprint density at radius 3 is 2.75 bits per heavy atom. The summed E-state index contributed by atoms with van der Waals surface area (Å²) in [5.41, 5.74) is 2.79. The zero-order chi connectivity index (χ0) is 11.1. The highest BCUT2D eigenvalue weighted by molar-refractivity contribution is 6.30. The molecule has 80 valence electrons. The summed E-state index contributed by atoms with van der Waals surface area (Å²) in [6.07, 6.45) is 1.79. The molecule has 0 fully saturated rings. The largest absolute Gasteiger partial charge is 0.378 e. The predicted octanol–water partition coefficient (Wildman–Crippen LogP) is 3.56. The third-order valence-corrected chi connectivity index (χ3v) is 2.71. The number of benzene rings is 1. The first-order valence-electron chi connectivity index (χ1n) is 4.94. The number of hydrogen-bond donors (Lipinski definition) is 0. The Balaban J connectivity index is 2.21. The Morgan fingerprint density at radius 1 is 1.25 bits per heavy atom. The Kier molecular flexibility index (Phi) is 2.01. The summed E-state index contributed by atoms with van der Waals surface area (Å²) in [4.78, 5) is 4.27. The summed E-state index contributed by atoms with van der Waals surface area (Å²) in [6.45, 7) is 1.90. The minimum absolute atomic E-state index is 0.722. The van der Waals surface area contributed by atoms with Gasteiger partial charge in [-0.15, -0.1) is 0 Å². The molecule has 0 spiro atoms. The van der Waals surface area contributed by atoms with Crippen LogP contribution in [0.3, 0.4) is 0 Å². The summed E-state index contributed by atoms with van der Waals surface area (Å²) >= 11 is 5.85. The van der Waals surface area contributed by atoms with E-state index < -0.39 is 0 Å². The van der Waals surface area contributed by atoms with Gasteiger partial charge in [0.15, 0.2) is 5.65 Å². The fourth-order valence-corrected chi connectivity index (χ4v) is 1.84. The van der Waals surface area contributed by atoms with Crippen molar-refractivity contribution in [2.24, 2.45) is 0 Å². The monoisotopic (exact) mass is 232 g/mol. The minimum Gasteiger partial charge on any atom is -0.378 e. The highest BCUT2D eigenvalue weighted by Crippen LogP contribution is 2.23. The molecule has 0 saturated heterocycles. The van der Waals surface area contributed by atoms with Crippen LogP contribution in [-0.4, -0.2) is 9.56 Å². The van der Waals surface area contributed by atoms with Gasteiger partial charge in [0.2, 0.25) is 0 Å². The third-order valence-electron chi connectivity index (χ3n) is 2.45. The topological polar surface area (TPSA) is 30.4 Å². The molecule has 0 bridgehead atoms. The van der Waals surface area contributed by atoms with Gasteiger partial charge in [-0.05, 0) is 19.1 Å². The van der Waals surface area contributed by atoms with Crippen molar-refractivity contribution < 1.29 is 4.52 Å². The maximum Gasteiger partial charge on any atom is 0.172 e. The molecule has 0 unspecified atom stereocenters. The van der Waals surface area contributed by atoms with Crippen LogP contribution in [-0.2, 0) is 0 Å². The molecule has 0 aliphatic rings. The number of aromatic nitrogens is 2. The number of hydrogen-bond acceptors (Lipinski definition) is 2. The van der Waals surface area contributed by atoms with Crippen molar-refractivity contribution in [3.8, 4) is 11.3 Å². The van der Waals surface area contributed by atoms with E-state index in [0.717, 1.165) is 27.7 Å². The quantitative estimate of drug-likeness (QED) is 0.642. The zero-order valence-corrected chi connectivity index (χ0v) is 9.40. The SMILES string of the molecule is Cc1cc2ncc(-c3ccc(Cl)cc3)n2o1. The highest BCUT2D eigenvalue weighted by atomic mass is 35.5. The van der Waals surface area contributed by atoms with Crippen molar-refractivity contribution in [1.82, 2.24) is 9.56 Å². The van der Waals surface area contributed by atoms with Crippen LogP contribution in [0.1, 0.15) is 5.76 Å². The third kappa shape index (κ3) is 1.41. The van der Waals surface area contributed by atoms with E-state index in [2.05, 4.69) is 4.98 Å². The molecule has 3 nitrogen and oxygen atoms in total. The summed E-state index contributed by atoms with van der Waals surface area (Å²) < 4.78 is 7.27. The van der Waals surface area contributed by atoms with Crippen molar-refractivity contribution >= 4 is 17.2 Å². The zero-order valence-electron chi connectivity index (χ0n) is 8.64. The normalized spacial score (nSPS) is 11.1. The average molecular weight is 233 g/mol. The van der Waals surface area contributed by atoms with E-state index in [4.69, 9.17) is 16.1 Å². The summed E-state index contributed by atoms with van der Waals surface area (Å²) in [5.74, 6) is 0.846. The van der Waals surface area contributed by atoms with Crippen molar-refractivity contribution in [2.45, 2.75) is 6.92 Å². The van der Waals surface area contributed by atoms with Gasteiger partial charge in [-0.3, -0.25) is 0 Å². The van der Waals surface area contributed by atoms with Crippen LogP contribution < -0.4 is 0 Å². The molecule has 0 N–H and O–H groups in total. The van der Waals surface area contributed by atoms with Gasteiger partial charge < -0.3 is 4.52 Å². The maximum absolute atomic E-state index is 5.85. The van der Waals surface area contributed by atoms with Gasteiger partial charge in [0.1, 0.15) is 11.5 Å². The van der Waals surface area contributed by atoms with E-state index in [1.165, 1.54) is 0 Å². The molecular formula is C12H9ClN2O. The summed E-state index contributed by atoms with van der Waals surface area (Å²) in [5, 5.41) is 0.722. The van der Waals surface area contributed by atoms with E-state index in [-0.39, 0.29) is 0 Å². The molecule has 0 saturated carbocycles. The average Bonchev–Trinajstić information content (AvgIpc) is 2.78. The number of imidazole rings is 1. The summed E-state index contributed by atoms with van der Waals surface area (Å²) in [6, 6.07) is 9.50. The molecule has 16 heavy (non-hydrogen) atoms. The molecule has 3 aromatic rings. The smallest absolute Gasteiger partial charge is 0.172 e. The van der Waals surface area contributed by atoms with Gasteiger partial charge in [0, 0.05) is 16.7 Å². The molecule has 4 heteroatoms.